The molecule has 0 unspecified atom stereocenters. The van der Waals surface area contributed by atoms with Gasteiger partial charge in [0.15, 0.2) is 0 Å². The molecule has 0 aromatic heterocycles. The Bertz CT molecular complexity index is 456. The van der Waals surface area contributed by atoms with E-state index >= 15 is 0 Å². The second-order valence-corrected chi connectivity index (χ2v) is 6.02. The van der Waals surface area contributed by atoms with Crippen LogP contribution in [0.1, 0.15) is 56.9 Å². The predicted octanol–water partition coefficient (Wildman–Crippen LogP) is 4.69. The molecule has 0 spiro atoms. The number of benzene rings is 1. The van der Waals surface area contributed by atoms with Crippen LogP contribution in [-0.4, -0.2) is 5.91 Å². The van der Waals surface area contributed by atoms with Gasteiger partial charge >= 0.3 is 0 Å². The fourth-order valence-corrected chi connectivity index (χ4v) is 3.01. The minimum Gasteiger partial charge on any atom is -0.399 e. The van der Waals surface area contributed by atoms with Crippen LogP contribution in [0.15, 0.2) is 18.2 Å². The zero-order valence-electron chi connectivity index (χ0n) is 12.9. The van der Waals surface area contributed by atoms with Crippen molar-refractivity contribution >= 4 is 29.7 Å². The summed E-state index contributed by atoms with van der Waals surface area (Å²) >= 11 is 0. The number of carbonyl (C=O) groups is 1. The number of nitrogens with one attached hydrogen (secondary N) is 1. The van der Waals surface area contributed by atoms with Crippen molar-refractivity contribution < 1.29 is 4.79 Å². The Balaban J connectivity index is 0.00000220. The highest BCUT2D eigenvalue weighted by atomic mass is 35.5. The topological polar surface area (TPSA) is 55.1 Å². The molecule has 4 heteroatoms. The summed E-state index contributed by atoms with van der Waals surface area (Å²) in [5.74, 6) is 0.958. The maximum Gasteiger partial charge on any atom is 0.224 e. The van der Waals surface area contributed by atoms with E-state index in [1.54, 1.807) is 0 Å². The zero-order chi connectivity index (χ0) is 14.4. The number of amides is 1. The quantitative estimate of drug-likeness (QED) is 0.775. The second kappa shape index (κ2) is 8.93. The first kappa shape index (κ1) is 17.8. The summed E-state index contributed by atoms with van der Waals surface area (Å²) in [4.78, 5) is 12.0. The van der Waals surface area contributed by atoms with Gasteiger partial charge in [-0.1, -0.05) is 38.2 Å². The van der Waals surface area contributed by atoms with Crippen LogP contribution in [0.25, 0.3) is 0 Å². The first-order valence-electron chi connectivity index (χ1n) is 7.81. The van der Waals surface area contributed by atoms with Gasteiger partial charge in [-0.25, -0.2) is 0 Å². The molecule has 0 bridgehead atoms. The molecular formula is C17H27ClN2O. The summed E-state index contributed by atoms with van der Waals surface area (Å²) in [5, 5.41) is 2.97. The summed E-state index contributed by atoms with van der Waals surface area (Å²) in [6.45, 7) is 1.98. The van der Waals surface area contributed by atoms with Crippen molar-refractivity contribution in [1.29, 1.82) is 0 Å². The van der Waals surface area contributed by atoms with Crippen LogP contribution in [0, 0.1) is 12.8 Å². The van der Waals surface area contributed by atoms with Crippen molar-refractivity contribution in [2.24, 2.45) is 5.92 Å². The Morgan fingerprint density at radius 2 is 2.00 bits per heavy atom. The summed E-state index contributed by atoms with van der Waals surface area (Å²) in [6.07, 6.45) is 9.67. The largest absolute Gasteiger partial charge is 0.399 e. The number of anilines is 2. The van der Waals surface area contributed by atoms with Gasteiger partial charge < -0.3 is 11.1 Å². The van der Waals surface area contributed by atoms with E-state index in [4.69, 9.17) is 5.73 Å². The van der Waals surface area contributed by atoms with Crippen LogP contribution in [0.5, 0.6) is 0 Å². The molecular weight excluding hydrogens is 284 g/mol. The van der Waals surface area contributed by atoms with Crippen LogP contribution in [0.2, 0.25) is 0 Å². The fraction of sp³-hybridized carbons (Fsp3) is 0.588. The van der Waals surface area contributed by atoms with E-state index in [0.29, 0.717) is 12.1 Å². The van der Waals surface area contributed by atoms with Gasteiger partial charge in [0, 0.05) is 17.8 Å². The summed E-state index contributed by atoms with van der Waals surface area (Å²) < 4.78 is 0. The maximum atomic E-state index is 12.0. The molecule has 0 aliphatic heterocycles. The number of hydrogen-bond donors (Lipinski definition) is 2. The Morgan fingerprint density at radius 1 is 1.29 bits per heavy atom. The van der Waals surface area contributed by atoms with Crippen molar-refractivity contribution in [2.45, 2.75) is 58.3 Å². The molecule has 1 amide bonds. The number of carbonyl (C=O) groups excluding carboxylic acids is 1. The molecule has 1 aromatic rings. The van der Waals surface area contributed by atoms with Gasteiger partial charge in [0.1, 0.15) is 0 Å². The Kier molecular flexibility index (Phi) is 7.58. The minimum atomic E-state index is 0. The molecule has 3 N–H and O–H groups in total. The monoisotopic (exact) mass is 310 g/mol. The summed E-state index contributed by atoms with van der Waals surface area (Å²) in [7, 11) is 0. The van der Waals surface area contributed by atoms with Crippen molar-refractivity contribution in [3.8, 4) is 0 Å². The molecule has 0 saturated heterocycles. The summed E-state index contributed by atoms with van der Waals surface area (Å²) in [5.41, 5.74) is 8.33. The highest BCUT2D eigenvalue weighted by molar-refractivity contribution is 5.91. The van der Waals surface area contributed by atoms with E-state index in [-0.39, 0.29) is 18.3 Å². The predicted molar refractivity (Wildman–Crippen MR) is 91.9 cm³/mol. The third kappa shape index (κ3) is 5.96. The summed E-state index contributed by atoms with van der Waals surface area (Å²) in [6, 6.07) is 5.62. The van der Waals surface area contributed by atoms with Crippen LogP contribution >= 0.6 is 12.4 Å². The fourth-order valence-electron chi connectivity index (χ4n) is 3.01. The van der Waals surface area contributed by atoms with E-state index in [1.165, 1.54) is 38.5 Å². The van der Waals surface area contributed by atoms with Crippen LogP contribution in [0.3, 0.4) is 0 Å². The minimum absolute atomic E-state index is 0. The number of halogens is 1. The van der Waals surface area contributed by atoms with E-state index in [1.807, 2.05) is 25.1 Å². The molecule has 0 radical (unpaired) electrons. The lowest BCUT2D eigenvalue weighted by atomic mass is 9.86. The average molecular weight is 311 g/mol. The molecule has 1 saturated carbocycles. The van der Waals surface area contributed by atoms with Gasteiger partial charge in [0.05, 0.1) is 0 Å². The second-order valence-electron chi connectivity index (χ2n) is 6.02. The van der Waals surface area contributed by atoms with Gasteiger partial charge in [-0.2, -0.15) is 0 Å². The lowest BCUT2D eigenvalue weighted by Crippen LogP contribution is -2.13. The molecule has 21 heavy (non-hydrogen) atoms. The number of nitrogens with two attached hydrogens (primary N) is 1. The average Bonchev–Trinajstić information content (AvgIpc) is 2.44. The number of rotatable bonds is 5. The Labute approximate surface area is 134 Å². The normalized spacial score (nSPS) is 15.3. The van der Waals surface area contributed by atoms with Gasteiger partial charge in [0.25, 0.3) is 0 Å². The molecule has 0 atom stereocenters. The number of hydrogen-bond acceptors (Lipinski definition) is 2. The first-order chi connectivity index (χ1) is 9.65. The molecule has 2 rings (SSSR count). The lowest BCUT2D eigenvalue weighted by molar-refractivity contribution is -0.116. The number of nitrogen functional groups attached to an aromatic ring is 1. The molecule has 1 aliphatic carbocycles. The molecule has 118 valence electrons. The van der Waals surface area contributed by atoms with E-state index in [0.717, 1.165) is 23.6 Å². The zero-order valence-corrected chi connectivity index (χ0v) is 13.7. The molecule has 0 heterocycles. The molecule has 3 nitrogen and oxygen atoms in total. The van der Waals surface area contributed by atoms with Crippen molar-refractivity contribution in [3.05, 3.63) is 23.8 Å². The Morgan fingerprint density at radius 3 is 2.71 bits per heavy atom. The molecule has 1 aromatic carbocycles. The van der Waals surface area contributed by atoms with Crippen LogP contribution in [-0.2, 0) is 4.79 Å². The third-order valence-electron chi connectivity index (χ3n) is 4.28. The van der Waals surface area contributed by atoms with Gasteiger partial charge in [0.2, 0.25) is 5.91 Å². The van der Waals surface area contributed by atoms with Gasteiger partial charge in [-0.3, -0.25) is 4.79 Å². The third-order valence-corrected chi connectivity index (χ3v) is 4.28. The maximum absolute atomic E-state index is 12.0. The van der Waals surface area contributed by atoms with Crippen LogP contribution < -0.4 is 11.1 Å². The van der Waals surface area contributed by atoms with Crippen molar-refractivity contribution in [2.75, 3.05) is 11.1 Å². The van der Waals surface area contributed by atoms with Crippen molar-refractivity contribution in [1.82, 2.24) is 0 Å². The van der Waals surface area contributed by atoms with E-state index < -0.39 is 0 Å². The number of aryl methyl sites for hydroxylation is 1. The van der Waals surface area contributed by atoms with E-state index in [9.17, 15) is 4.79 Å². The van der Waals surface area contributed by atoms with Gasteiger partial charge in [-0.05, 0) is 43.4 Å². The molecule has 1 fully saturated rings. The lowest BCUT2D eigenvalue weighted by Gasteiger charge is -2.21. The highest BCUT2D eigenvalue weighted by Crippen LogP contribution is 2.27. The Hall–Kier alpha value is -1.22. The SMILES string of the molecule is Cc1ccc(N)cc1NC(=O)CCCC1CCCCC1.Cl. The van der Waals surface area contributed by atoms with Gasteiger partial charge in [-0.15, -0.1) is 12.4 Å². The highest BCUT2D eigenvalue weighted by Gasteiger charge is 2.13. The first-order valence-corrected chi connectivity index (χ1v) is 7.81. The smallest absolute Gasteiger partial charge is 0.224 e. The van der Waals surface area contributed by atoms with Crippen LogP contribution in [0.4, 0.5) is 11.4 Å². The van der Waals surface area contributed by atoms with E-state index in [2.05, 4.69) is 5.32 Å². The standard InChI is InChI=1S/C17H26N2O.ClH/c1-13-10-11-15(18)12-16(13)19-17(20)9-5-8-14-6-3-2-4-7-14;/h10-12,14H,2-9,18H2,1H3,(H,19,20);1H. The molecule has 1 aliphatic rings. The van der Waals surface area contributed by atoms with Crippen molar-refractivity contribution in [3.63, 3.8) is 0 Å².